The molecule has 0 amide bonds. The Morgan fingerprint density at radius 1 is 1.15 bits per heavy atom. The van der Waals surface area contributed by atoms with Crippen molar-refractivity contribution in [3.05, 3.63) is 52.3 Å². The highest BCUT2D eigenvalue weighted by molar-refractivity contribution is 6.35. The third-order valence-corrected chi connectivity index (χ3v) is 3.17. The van der Waals surface area contributed by atoms with Crippen LogP contribution in [-0.2, 0) is 0 Å². The highest BCUT2D eigenvalue weighted by Crippen LogP contribution is 2.27. The van der Waals surface area contributed by atoms with Crippen LogP contribution in [0.25, 0.3) is 16.9 Å². The van der Waals surface area contributed by atoms with E-state index in [2.05, 4.69) is 10.1 Å². The Balaban J connectivity index is 2.27. The maximum absolute atomic E-state index is 11.0. The van der Waals surface area contributed by atoms with Crippen molar-refractivity contribution in [2.45, 2.75) is 0 Å². The molecule has 0 unspecified atom stereocenters. The number of hydrogen-bond donors (Lipinski definition) is 1. The molecule has 5 nitrogen and oxygen atoms in total. The third kappa shape index (κ3) is 2.21. The molecule has 0 aliphatic heterocycles. The molecule has 0 aliphatic rings. The monoisotopic (exact) mass is 307 g/mol. The van der Waals surface area contributed by atoms with Crippen LogP contribution in [0.4, 0.5) is 0 Å². The summed E-state index contributed by atoms with van der Waals surface area (Å²) in [7, 11) is 0. The van der Waals surface area contributed by atoms with Gasteiger partial charge in [0.25, 0.3) is 0 Å². The lowest BCUT2D eigenvalue weighted by Gasteiger charge is -2.05. The highest BCUT2D eigenvalue weighted by atomic mass is 35.5. The number of rotatable bonds is 2. The molecule has 1 N–H and O–H groups in total. The summed E-state index contributed by atoms with van der Waals surface area (Å²) < 4.78 is 1.45. The Hall–Kier alpha value is -2.11. The van der Waals surface area contributed by atoms with Gasteiger partial charge >= 0.3 is 5.97 Å². The second-order valence-corrected chi connectivity index (χ2v) is 4.97. The van der Waals surface area contributed by atoms with Gasteiger partial charge in [-0.2, -0.15) is 5.10 Å². The predicted octanol–water partition coefficient (Wildman–Crippen LogP) is 3.40. The van der Waals surface area contributed by atoms with Crippen molar-refractivity contribution >= 4 is 34.8 Å². The summed E-state index contributed by atoms with van der Waals surface area (Å²) in [6, 6.07) is 8.19. The lowest BCUT2D eigenvalue weighted by atomic mass is 10.1. The molecule has 1 aromatic carbocycles. The number of carbonyl (C=O) groups is 1. The summed E-state index contributed by atoms with van der Waals surface area (Å²) in [5.74, 6) is -1.11. The van der Waals surface area contributed by atoms with E-state index in [1.807, 2.05) is 0 Å². The van der Waals surface area contributed by atoms with Crippen LogP contribution in [0.15, 0.2) is 36.5 Å². The average Bonchev–Trinajstić information content (AvgIpc) is 2.81. The number of hydrogen-bond acceptors (Lipinski definition) is 3. The van der Waals surface area contributed by atoms with E-state index in [4.69, 9.17) is 28.3 Å². The summed E-state index contributed by atoms with van der Waals surface area (Å²) in [4.78, 5) is 15.1. The molecule has 100 valence electrons. The molecule has 3 aromatic rings. The number of nitrogens with zero attached hydrogens (tertiary/aromatic N) is 3. The van der Waals surface area contributed by atoms with Crippen LogP contribution in [0, 0.1) is 0 Å². The van der Waals surface area contributed by atoms with Gasteiger partial charge in [0.2, 0.25) is 0 Å². The molecule has 0 spiro atoms. The van der Waals surface area contributed by atoms with Crippen molar-refractivity contribution in [1.82, 2.24) is 14.6 Å². The Kier molecular flexibility index (Phi) is 3.08. The van der Waals surface area contributed by atoms with Crippen molar-refractivity contribution in [3.8, 4) is 11.3 Å². The molecule has 0 radical (unpaired) electrons. The number of carboxylic acid groups (broad SMARTS) is 1. The number of aromatic nitrogens is 3. The van der Waals surface area contributed by atoms with Gasteiger partial charge in [0.1, 0.15) is 0 Å². The molecule has 0 saturated heterocycles. The molecule has 0 fully saturated rings. The maximum Gasteiger partial charge on any atom is 0.356 e. The van der Waals surface area contributed by atoms with Crippen molar-refractivity contribution in [2.75, 3.05) is 0 Å². The summed E-state index contributed by atoms with van der Waals surface area (Å²) in [6.07, 6.45) is 1.58. The van der Waals surface area contributed by atoms with E-state index in [0.29, 0.717) is 21.4 Å². The molecule has 2 aromatic heterocycles. The van der Waals surface area contributed by atoms with Gasteiger partial charge in [-0.15, -0.1) is 0 Å². The van der Waals surface area contributed by atoms with E-state index in [1.165, 1.54) is 10.6 Å². The minimum Gasteiger partial charge on any atom is -0.476 e. The fourth-order valence-corrected chi connectivity index (χ4v) is 2.45. The van der Waals surface area contributed by atoms with Crippen LogP contribution < -0.4 is 0 Å². The Bertz CT molecular complexity index is 809. The van der Waals surface area contributed by atoms with Gasteiger partial charge in [0, 0.05) is 27.9 Å². The zero-order valence-electron chi connectivity index (χ0n) is 9.92. The smallest absolute Gasteiger partial charge is 0.356 e. The first-order chi connectivity index (χ1) is 9.54. The predicted molar refractivity (Wildman–Crippen MR) is 75.4 cm³/mol. The molecule has 20 heavy (non-hydrogen) atoms. The number of benzene rings is 1. The van der Waals surface area contributed by atoms with E-state index in [9.17, 15) is 4.79 Å². The van der Waals surface area contributed by atoms with Gasteiger partial charge in [-0.05, 0) is 24.3 Å². The van der Waals surface area contributed by atoms with Crippen molar-refractivity contribution in [3.63, 3.8) is 0 Å². The van der Waals surface area contributed by atoms with E-state index >= 15 is 0 Å². The molecule has 2 heterocycles. The third-order valence-electron chi connectivity index (χ3n) is 2.74. The standard InChI is InChI=1S/C13H7Cl2N3O2/c14-8-3-7(4-9(15)5-8)11-1-2-16-12-6-10(13(19)20)17-18(11)12/h1-6H,(H,19,20). The summed E-state index contributed by atoms with van der Waals surface area (Å²) in [6.45, 7) is 0. The van der Waals surface area contributed by atoms with Gasteiger partial charge in [0.05, 0.1) is 5.69 Å². The van der Waals surface area contributed by atoms with Gasteiger partial charge in [-0.25, -0.2) is 14.3 Å². The van der Waals surface area contributed by atoms with E-state index in [0.717, 1.165) is 5.56 Å². The van der Waals surface area contributed by atoms with E-state index in [-0.39, 0.29) is 5.69 Å². The van der Waals surface area contributed by atoms with Crippen LogP contribution in [0.3, 0.4) is 0 Å². The largest absolute Gasteiger partial charge is 0.476 e. The van der Waals surface area contributed by atoms with Crippen LogP contribution in [0.5, 0.6) is 0 Å². The van der Waals surface area contributed by atoms with Crippen molar-refractivity contribution in [2.24, 2.45) is 0 Å². The maximum atomic E-state index is 11.0. The molecule has 0 atom stereocenters. The van der Waals surface area contributed by atoms with Crippen molar-refractivity contribution in [1.29, 1.82) is 0 Å². The minimum absolute atomic E-state index is 0.0712. The molecule has 0 bridgehead atoms. The zero-order valence-corrected chi connectivity index (χ0v) is 11.4. The summed E-state index contributed by atoms with van der Waals surface area (Å²) in [5, 5.41) is 14.0. The first-order valence-electron chi connectivity index (χ1n) is 5.59. The van der Waals surface area contributed by atoms with Gasteiger partial charge in [-0.1, -0.05) is 23.2 Å². The number of aromatic carboxylic acids is 1. The number of carboxylic acids is 1. The normalized spacial score (nSPS) is 10.9. The van der Waals surface area contributed by atoms with Gasteiger partial charge < -0.3 is 5.11 Å². The first-order valence-corrected chi connectivity index (χ1v) is 6.35. The molecular weight excluding hydrogens is 301 g/mol. The molecule has 3 rings (SSSR count). The first kappa shape index (κ1) is 12.9. The summed E-state index contributed by atoms with van der Waals surface area (Å²) >= 11 is 12.0. The van der Waals surface area contributed by atoms with E-state index < -0.39 is 5.97 Å². The molecule has 7 heteroatoms. The second kappa shape index (κ2) is 4.77. The fraction of sp³-hybridized carbons (Fsp3) is 0. The summed E-state index contributed by atoms with van der Waals surface area (Å²) in [5.41, 5.74) is 1.76. The average molecular weight is 308 g/mol. The Labute approximate surface area is 123 Å². The lowest BCUT2D eigenvalue weighted by molar-refractivity contribution is 0.0690. The Morgan fingerprint density at radius 3 is 2.50 bits per heavy atom. The van der Waals surface area contributed by atoms with Crippen molar-refractivity contribution < 1.29 is 9.90 Å². The number of halogens is 2. The molecular formula is C13H7Cl2N3O2. The lowest BCUT2D eigenvalue weighted by Crippen LogP contribution is -1.99. The van der Waals surface area contributed by atoms with Crippen LogP contribution in [0.2, 0.25) is 10.0 Å². The number of fused-ring (bicyclic) bond motifs is 1. The zero-order chi connectivity index (χ0) is 14.3. The fourth-order valence-electron chi connectivity index (χ4n) is 1.92. The van der Waals surface area contributed by atoms with Gasteiger partial charge in [-0.3, -0.25) is 0 Å². The highest BCUT2D eigenvalue weighted by Gasteiger charge is 2.13. The van der Waals surface area contributed by atoms with Crippen LogP contribution in [-0.4, -0.2) is 25.7 Å². The minimum atomic E-state index is -1.11. The quantitative estimate of drug-likeness (QED) is 0.788. The molecule has 0 aliphatic carbocycles. The van der Waals surface area contributed by atoms with E-state index in [1.54, 1.807) is 30.5 Å². The SMILES string of the molecule is O=C(O)c1cc2nccc(-c3cc(Cl)cc(Cl)c3)n2n1. The second-order valence-electron chi connectivity index (χ2n) is 4.09. The van der Waals surface area contributed by atoms with Crippen LogP contribution in [0.1, 0.15) is 10.5 Å². The topological polar surface area (TPSA) is 67.5 Å². The van der Waals surface area contributed by atoms with Crippen LogP contribution >= 0.6 is 23.2 Å². The Morgan fingerprint density at radius 2 is 1.85 bits per heavy atom. The van der Waals surface area contributed by atoms with Gasteiger partial charge in [0.15, 0.2) is 11.3 Å². The molecule has 0 saturated carbocycles.